The van der Waals surface area contributed by atoms with Crippen molar-refractivity contribution in [3.63, 3.8) is 0 Å². The van der Waals surface area contributed by atoms with Crippen molar-refractivity contribution in [1.29, 1.82) is 0 Å². The molecule has 0 N–H and O–H groups in total. The van der Waals surface area contributed by atoms with Crippen molar-refractivity contribution in [3.8, 4) is 0 Å². The molecule has 0 bridgehead atoms. The molecule has 4 rings (SSSR count). The molecule has 0 spiro atoms. The van der Waals surface area contributed by atoms with E-state index in [2.05, 4.69) is 0 Å². The van der Waals surface area contributed by atoms with Crippen LogP contribution in [-0.4, -0.2) is 30.4 Å². The number of aliphatic imine (C=N–C) groups is 1. The molecule has 29 heavy (non-hydrogen) atoms. The van der Waals surface area contributed by atoms with Crippen LogP contribution in [0, 0.1) is 0 Å². The molecule has 0 saturated heterocycles. The molecule has 0 saturated carbocycles. The minimum atomic E-state index is -0.349. The van der Waals surface area contributed by atoms with Crippen molar-refractivity contribution in [2.45, 2.75) is 6.04 Å². The van der Waals surface area contributed by atoms with Crippen molar-refractivity contribution in [2.75, 3.05) is 13.7 Å². The second kappa shape index (κ2) is 8.27. The lowest BCUT2D eigenvalue weighted by atomic mass is 9.93. The van der Waals surface area contributed by atoms with E-state index in [4.69, 9.17) is 32.9 Å². The molecule has 0 radical (unpaired) electrons. The maximum atomic E-state index is 12.3. The van der Waals surface area contributed by atoms with Crippen LogP contribution >= 0.6 is 23.2 Å². The summed E-state index contributed by atoms with van der Waals surface area (Å²) in [7, 11) is 1.38. The molecule has 4 nitrogen and oxygen atoms in total. The van der Waals surface area contributed by atoms with Gasteiger partial charge in [0.05, 0.1) is 18.8 Å². The standard InChI is InChI=1S/C23H18Cl2N2O2/c1-29-21(28)14-27-22(15-6-3-2-4-7-15)19-11-10-18(25)13-20(19)26-23(27)16-8-5-9-17(24)12-16/h2-13,22H,14H2,1H3. The quantitative estimate of drug-likeness (QED) is 0.508. The van der Waals surface area contributed by atoms with Crippen molar-refractivity contribution in [2.24, 2.45) is 4.99 Å². The van der Waals surface area contributed by atoms with Crippen molar-refractivity contribution < 1.29 is 9.53 Å². The predicted molar refractivity (Wildman–Crippen MR) is 116 cm³/mol. The van der Waals surface area contributed by atoms with Gasteiger partial charge in [0.25, 0.3) is 0 Å². The molecule has 0 amide bonds. The Morgan fingerprint density at radius 1 is 1.00 bits per heavy atom. The smallest absolute Gasteiger partial charge is 0.325 e. The van der Waals surface area contributed by atoms with Gasteiger partial charge in [0.2, 0.25) is 0 Å². The zero-order valence-electron chi connectivity index (χ0n) is 15.7. The molecule has 1 atom stereocenters. The van der Waals surface area contributed by atoms with Crippen LogP contribution in [0.15, 0.2) is 77.8 Å². The van der Waals surface area contributed by atoms with Gasteiger partial charge in [-0.1, -0.05) is 71.7 Å². The Labute approximate surface area is 179 Å². The summed E-state index contributed by atoms with van der Waals surface area (Å²) in [5, 5.41) is 1.20. The third-order valence-electron chi connectivity index (χ3n) is 4.82. The number of methoxy groups -OCH3 is 1. The largest absolute Gasteiger partial charge is 0.468 e. The number of hydrogen-bond donors (Lipinski definition) is 0. The zero-order valence-corrected chi connectivity index (χ0v) is 17.2. The van der Waals surface area contributed by atoms with Gasteiger partial charge in [-0.3, -0.25) is 4.79 Å². The molecule has 3 aromatic carbocycles. The molecule has 1 heterocycles. The van der Waals surface area contributed by atoms with Crippen molar-refractivity contribution in [1.82, 2.24) is 4.90 Å². The third kappa shape index (κ3) is 4.00. The number of rotatable bonds is 4. The number of fused-ring (bicyclic) bond motifs is 1. The van der Waals surface area contributed by atoms with Gasteiger partial charge in [-0.2, -0.15) is 0 Å². The molecule has 1 aliphatic rings. The van der Waals surface area contributed by atoms with Crippen molar-refractivity contribution >= 4 is 40.7 Å². The second-order valence-corrected chi connectivity index (χ2v) is 7.54. The van der Waals surface area contributed by atoms with Gasteiger partial charge in [-0.15, -0.1) is 0 Å². The molecular weight excluding hydrogens is 407 g/mol. The Balaban J connectivity index is 1.95. The number of ether oxygens (including phenoxy) is 1. The fourth-order valence-electron chi connectivity index (χ4n) is 3.54. The number of benzene rings is 3. The highest BCUT2D eigenvalue weighted by Gasteiger charge is 2.33. The van der Waals surface area contributed by atoms with E-state index in [-0.39, 0.29) is 18.6 Å². The molecule has 0 aromatic heterocycles. The second-order valence-electron chi connectivity index (χ2n) is 6.67. The van der Waals surface area contributed by atoms with Crippen LogP contribution in [0.1, 0.15) is 22.7 Å². The molecule has 1 unspecified atom stereocenters. The number of nitrogens with zero attached hydrogens (tertiary/aromatic N) is 2. The van der Waals surface area contributed by atoms with Crippen LogP contribution in [0.4, 0.5) is 5.69 Å². The summed E-state index contributed by atoms with van der Waals surface area (Å²) in [5.74, 6) is 0.291. The maximum Gasteiger partial charge on any atom is 0.325 e. The summed E-state index contributed by atoms with van der Waals surface area (Å²) in [5.41, 5.74) is 3.58. The molecule has 0 fully saturated rings. The first kappa shape index (κ1) is 19.5. The van der Waals surface area contributed by atoms with Crippen LogP contribution in [-0.2, 0) is 9.53 Å². The van der Waals surface area contributed by atoms with E-state index in [1.165, 1.54) is 7.11 Å². The number of amidine groups is 1. The Kier molecular flexibility index (Phi) is 5.56. The molecule has 6 heteroatoms. The molecule has 146 valence electrons. The van der Waals surface area contributed by atoms with Crippen LogP contribution in [0.5, 0.6) is 0 Å². The minimum absolute atomic E-state index is 0.0451. The first-order valence-corrected chi connectivity index (χ1v) is 9.85. The summed E-state index contributed by atoms with van der Waals surface area (Å²) < 4.78 is 4.97. The number of halogens is 2. The highest BCUT2D eigenvalue weighted by molar-refractivity contribution is 6.31. The maximum absolute atomic E-state index is 12.3. The number of esters is 1. The normalized spacial score (nSPS) is 15.5. The monoisotopic (exact) mass is 424 g/mol. The van der Waals surface area contributed by atoms with Gasteiger partial charge in [-0.05, 0) is 29.8 Å². The number of carbonyl (C=O) groups is 1. The topological polar surface area (TPSA) is 41.9 Å². The fourth-order valence-corrected chi connectivity index (χ4v) is 3.89. The Morgan fingerprint density at radius 2 is 1.76 bits per heavy atom. The van der Waals surface area contributed by atoms with Crippen LogP contribution in [0.25, 0.3) is 0 Å². The fraction of sp³-hybridized carbons (Fsp3) is 0.130. The summed E-state index contributed by atoms with van der Waals surface area (Å²) in [6, 6.07) is 22.8. The Morgan fingerprint density at radius 3 is 2.48 bits per heavy atom. The lowest BCUT2D eigenvalue weighted by Gasteiger charge is -2.38. The number of hydrogen-bond acceptors (Lipinski definition) is 4. The lowest BCUT2D eigenvalue weighted by Crippen LogP contribution is -2.42. The SMILES string of the molecule is COC(=O)CN1C(c2cccc(Cl)c2)=Nc2cc(Cl)ccc2C1c1ccccc1. The zero-order chi connectivity index (χ0) is 20.4. The van der Waals surface area contributed by atoms with E-state index in [0.717, 1.165) is 22.4 Å². The van der Waals surface area contributed by atoms with Crippen LogP contribution in [0.2, 0.25) is 10.0 Å². The first-order valence-electron chi connectivity index (χ1n) is 9.09. The Bertz CT molecular complexity index is 1080. The lowest BCUT2D eigenvalue weighted by molar-refractivity contribution is -0.141. The van der Waals surface area contributed by atoms with Crippen molar-refractivity contribution in [3.05, 3.63) is 99.5 Å². The summed E-state index contributed by atoms with van der Waals surface area (Å²) in [6.45, 7) is 0.0451. The van der Waals surface area contributed by atoms with Crippen LogP contribution < -0.4 is 0 Å². The molecule has 1 aliphatic heterocycles. The average Bonchev–Trinajstić information content (AvgIpc) is 2.73. The molecule has 0 aliphatic carbocycles. The van der Waals surface area contributed by atoms with Gasteiger partial charge in [0.1, 0.15) is 12.4 Å². The van der Waals surface area contributed by atoms with Crippen LogP contribution in [0.3, 0.4) is 0 Å². The number of carbonyl (C=O) groups excluding carboxylic acids is 1. The van der Waals surface area contributed by atoms with E-state index in [1.54, 1.807) is 6.07 Å². The minimum Gasteiger partial charge on any atom is -0.468 e. The predicted octanol–water partition coefficient (Wildman–Crippen LogP) is 5.65. The van der Waals surface area contributed by atoms with Gasteiger partial charge in [0, 0.05) is 21.2 Å². The van der Waals surface area contributed by atoms with E-state index in [9.17, 15) is 4.79 Å². The summed E-state index contributed by atoms with van der Waals surface area (Å²) >= 11 is 12.5. The summed E-state index contributed by atoms with van der Waals surface area (Å²) in [4.78, 5) is 19.1. The van der Waals surface area contributed by atoms with E-state index < -0.39 is 0 Å². The highest BCUT2D eigenvalue weighted by atomic mass is 35.5. The Hall–Kier alpha value is -2.82. The molecular formula is C23H18Cl2N2O2. The summed E-state index contributed by atoms with van der Waals surface area (Å²) in [6.07, 6.45) is 0. The highest BCUT2D eigenvalue weighted by Crippen LogP contribution is 2.41. The third-order valence-corrected chi connectivity index (χ3v) is 5.29. The first-order chi connectivity index (χ1) is 14.1. The van der Waals surface area contributed by atoms with E-state index >= 15 is 0 Å². The van der Waals surface area contributed by atoms with E-state index in [1.807, 2.05) is 71.6 Å². The molecule has 3 aromatic rings. The van der Waals surface area contributed by atoms with Gasteiger partial charge in [-0.25, -0.2) is 4.99 Å². The van der Waals surface area contributed by atoms with E-state index in [0.29, 0.717) is 15.9 Å². The average molecular weight is 425 g/mol. The van der Waals surface area contributed by atoms with Gasteiger partial charge >= 0.3 is 5.97 Å². The van der Waals surface area contributed by atoms with Gasteiger partial charge < -0.3 is 9.64 Å². The van der Waals surface area contributed by atoms with Gasteiger partial charge in [0.15, 0.2) is 0 Å².